The molecule has 0 saturated heterocycles. The molecule has 47 heavy (non-hydrogen) atoms. The minimum atomic E-state index is -0.493. The molecular formula is C37H54N4O6. The van der Waals surface area contributed by atoms with Crippen molar-refractivity contribution in [1.29, 1.82) is 0 Å². The minimum Gasteiger partial charge on any atom is -0.490 e. The first kappa shape index (κ1) is 36.2. The Kier molecular flexibility index (Phi) is 13.9. The molecular weight excluding hydrogens is 596 g/mol. The van der Waals surface area contributed by atoms with Crippen LogP contribution in [0.5, 0.6) is 5.75 Å². The topological polar surface area (TPSA) is 120 Å². The number of aliphatic hydroxyl groups excluding tert-OH is 1. The number of aliphatic hydroxyl groups is 1. The summed E-state index contributed by atoms with van der Waals surface area (Å²) in [5, 5.41) is 16.2. The average Bonchev–Trinajstić information content (AvgIpc) is 3.06. The van der Waals surface area contributed by atoms with Gasteiger partial charge in [0.15, 0.2) is 0 Å². The van der Waals surface area contributed by atoms with Crippen molar-refractivity contribution in [3.63, 3.8) is 0 Å². The SMILES string of the molecule is C[C@@H]1CCCCO[C@@H](CN(C)C(=O)Cc2ccccc2)[C@@H](C)CN([C@H](C)CO)C(=O)c2cc(NC(=O)NC3CCCCC3)ccc2O1. The Hall–Kier alpha value is -3.63. The number of benzene rings is 2. The van der Waals surface area contributed by atoms with E-state index in [9.17, 15) is 19.5 Å². The maximum absolute atomic E-state index is 14.4. The number of urea groups is 1. The second-order valence-electron chi connectivity index (χ2n) is 13.4. The molecule has 1 fully saturated rings. The Bertz CT molecular complexity index is 1300. The van der Waals surface area contributed by atoms with Gasteiger partial charge in [0.25, 0.3) is 5.91 Å². The van der Waals surface area contributed by atoms with E-state index in [1.54, 1.807) is 35.0 Å². The van der Waals surface area contributed by atoms with Gasteiger partial charge < -0.3 is 35.0 Å². The third kappa shape index (κ3) is 11.0. The van der Waals surface area contributed by atoms with Gasteiger partial charge in [0, 0.05) is 44.4 Å². The number of likely N-dealkylation sites (N-methyl/N-ethyl adjacent to an activating group) is 1. The van der Waals surface area contributed by atoms with Crippen LogP contribution in [-0.2, 0) is 16.0 Å². The predicted octanol–water partition coefficient (Wildman–Crippen LogP) is 5.64. The molecule has 1 heterocycles. The number of nitrogens with zero attached hydrogens (tertiary/aromatic N) is 2. The lowest BCUT2D eigenvalue weighted by atomic mass is 9.96. The summed E-state index contributed by atoms with van der Waals surface area (Å²) < 4.78 is 12.7. The standard InChI is InChI=1S/C37H54N4O6/c1-26-23-41(27(2)25-42)36(44)32-22-31(39-37(45)38-30-16-9-6-10-17-30)18-19-33(32)47-28(3)13-11-12-20-46-34(26)24-40(4)35(43)21-29-14-7-5-8-15-29/h5,7-8,14-15,18-19,22,26-28,30,34,42H,6,9-13,16-17,20-21,23-25H2,1-4H3,(H2,38,39,45)/t26-,27+,28+,34-/m0/s1. The van der Waals surface area contributed by atoms with Crippen molar-refractivity contribution in [3.8, 4) is 5.75 Å². The number of rotatable bonds is 8. The van der Waals surface area contributed by atoms with Gasteiger partial charge in [0.05, 0.1) is 36.8 Å². The van der Waals surface area contributed by atoms with E-state index < -0.39 is 6.04 Å². The molecule has 1 aliphatic heterocycles. The number of anilines is 1. The van der Waals surface area contributed by atoms with Gasteiger partial charge >= 0.3 is 6.03 Å². The van der Waals surface area contributed by atoms with E-state index in [0.717, 1.165) is 50.5 Å². The molecule has 2 aromatic carbocycles. The summed E-state index contributed by atoms with van der Waals surface area (Å²) in [6.45, 7) is 6.78. The quantitative estimate of drug-likeness (QED) is 0.340. The molecule has 0 aromatic heterocycles. The number of amides is 4. The molecule has 3 N–H and O–H groups in total. The number of ether oxygens (including phenoxy) is 2. The van der Waals surface area contributed by atoms with Crippen LogP contribution in [-0.4, -0.2) is 90.4 Å². The average molecular weight is 651 g/mol. The van der Waals surface area contributed by atoms with E-state index in [1.807, 2.05) is 51.1 Å². The van der Waals surface area contributed by atoms with E-state index in [1.165, 1.54) is 6.42 Å². The predicted molar refractivity (Wildman–Crippen MR) is 184 cm³/mol. The zero-order valence-electron chi connectivity index (χ0n) is 28.6. The van der Waals surface area contributed by atoms with Crippen molar-refractivity contribution in [2.75, 3.05) is 38.7 Å². The van der Waals surface area contributed by atoms with Crippen molar-refractivity contribution in [2.24, 2.45) is 5.92 Å². The van der Waals surface area contributed by atoms with Crippen LogP contribution in [0, 0.1) is 5.92 Å². The van der Waals surface area contributed by atoms with Gasteiger partial charge in [-0.3, -0.25) is 9.59 Å². The highest BCUT2D eigenvalue weighted by molar-refractivity contribution is 5.99. The molecule has 258 valence electrons. The molecule has 0 unspecified atom stereocenters. The fourth-order valence-corrected chi connectivity index (χ4v) is 6.34. The van der Waals surface area contributed by atoms with Crippen LogP contribution in [0.1, 0.15) is 88.1 Å². The molecule has 0 bridgehead atoms. The van der Waals surface area contributed by atoms with Gasteiger partial charge in [-0.1, -0.05) is 56.5 Å². The van der Waals surface area contributed by atoms with E-state index in [2.05, 4.69) is 10.6 Å². The Morgan fingerprint density at radius 2 is 1.74 bits per heavy atom. The molecule has 4 amide bonds. The molecule has 2 aromatic rings. The molecule has 0 spiro atoms. The molecule has 4 rings (SSSR count). The Balaban J connectivity index is 1.56. The smallest absolute Gasteiger partial charge is 0.319 e. The summed E-state index contributed by atoms with van der Waals surface area (Å²) in [6, 6.07) is 14.2. The van der Waals surface area contributed by atoms with Crippen LogP contribution in [0.3, 0.4) is 0 Å². The highest BCUT2D eigenvalue weighted by Gasteiger charge is 2.31. The Morgan fingerprint density at radius 1 is 1.02 bits per heavy atom. The maximum atomic E-state index is 14.4. The zero-order chi connectivity index (χ0) is 33.8. The van der Waals surface area contributed by atoms with Crippen molar-refractivity contribution in [1.82, 2.24) is 15.1 Å². The largest absolute Gasteiger partial charge is 0.490 e. The minimum absolute atomic E-state index is 0.00415. The molecule has 1 aliphatic carbocycles. The summed E-state index contributed by atoms with van der Waals surface area (Å²) in [4.78, 5) is 43.7. The van der Waals surface area contributed by atoms with Crippen molar-refractivity contribution in [2.45, 2.75) is 103 Å². The van der Waals surface area contributed by atoms with Gasteiger partial charge in [-0.25, -0.2) is 4.79 Å². The summed E-state index contributed by atoms with van der Waals surface area (Å²) in [7, 11) is 1.79. The van der Waals surface area contributed by atoms with Crippen LogP contribution < -0.4 is 15.4 Å². The lowest BCUT2D eigenvalue weighted by molar-refractivity contribution is -0.131. The van der Waals surface area contributed by atoms with Crippen molar-refractivity contribution < 1.29 is 29.0 Å². The maximum Gasteiger partial charge on any atom is 0.319 e. The van der Waals surface area contributed by atoms with Crippen LogP contribution in [0.25, 0.3) is 0 Å². The number of carbonyl (C=O) groups is 3. The number of hydrogen-bond acceptors (Lipinski definition) is 6. The molecule has 2 aliphatic rings. The highest BCUT2D eigenvalue weighted by Crippen LogP contribution is 2.29. The van der Waals surface area contributed by atoms with Crippen LogP contribution in [0.15, 0.2) is 48.5 Å². The monoisotopic (exact) mass is 650 g/mol. The van der Waals surface area contributed by atoms with Crippen molar-refractivity contribution >= 4 is 23.5 Å². The molecule has 10 nitrogen and oxygen atoms in total. The fraction of sp³-hybridized carbons (Fsp3) is 0.595. The zero-order valence-corrected chi connectivity index (χ0v) is 28.6. The van der Waals surface area contributed by atoms with Gasteiger partial charge in [0.1, 0.15) is 5.75 Å². The second kappa shape index (κ2) is 18.1. The summed E-state index contributed by atoms with van der Waals surface area (Å²) in [5.41, 5.74) is 1.77. The van der Waals surface area contributed by atoms with Crippen LogP contribution in [0.4, 0.5) is 10.5 Å². The summed E-state index contributed by atoms with van der Waals surface area (Å²) in [6.07, 6.45) is 7.65. The van der Waals surface area contributed by atoms with Gasteiger partial charge in [-0.15, -0.1) is 0 Å². The van der Waals surface area contributed by atoms with E-state index in [0.29, 0.717) is 43.1 Å². The summed E-state index contributed by atoms with van der Waals surface area (Å²) >= 11 is 0. The first-order valence-electron chi connectivity index (χ1n) is 17.3. The first-order chi connectivity index (χ1) is 22.6. The number of carbonyl (C=O) groups excluding carboxylic acids is 3. The lowest BCUT2D eigenvalue weighted by Gasteiger charge is -2.36. The lowest BCUT2D eigenvalue weighted by Crippen LogP contribution is -2.48. The fourth-order valence-electron chi connectivity index (χ4n) is 6.34. The van der Waals surface area contributed by atoms with Gasteiger partial charge in [-0.2, -0.15) is 0 Å². The molecule has 4 atom stereocenters. The molecule has 0 radical (unpaired) electrons. The Labute approximate surface area is 280 Å². The number of hydrogen-bond donors (Lipinski definition) is 3. The summed E-state index contributed by atoms with van der Waals surface area (Å²) in [5.74, 6) is -0.0230. The third-order valence-corrected chi connectivity index (χ3v) is 9.33. The van der Waals surface area contributed by atoms with Gasteiger partial charge in [0.2, 0.25) is 5.91 Å². The third-order valence-electron chi connectivity index (χ3n) is 9.33. The van der Waals surface area contributed by atoms with E-state index in [-0.39, 0.29) is 48.6 Å². The first-order valence-corrected chi connectivity index (χ1v) is 17.3. The van der Waals surface area contributed by atoms with Gasteiger partial charge in [-0.05, 0) is 69.7 Å². The second-order valence-corrected chi connectivity index (χ2v) is 13.4. The van der Waals surface area contributed by atoms with Crippen molar-refractivity contribution in [3.05, 3.63) is 59.7 Å². The number of fused-ring (bicyclic) bond motifs is 1. The van der Waals surface area contributed by atoms with Crippen LogP contribution in [0.2, 0.25) is 0 Å². The number of nitrogens with one attached hydrogen (secondary N) is 2. The Morgan fingerprint density at radius 3 is 2.47 bits per heavy atom. The normalized spacial score (nSPS) is 22.3. The highest BCUT2D eigenvalue weighted by atomic mass is 16.5. The molecule has 10 heteroatoms. The van der Waals surface area contributed by atoms with Crippen LogP contribution >= 0.6 is 0 Å². The van der Waals surface area contributed by atoms with E-state index >= 15 is 0 Å². The van der Waals surface area contributed by atoms with E-state index in [4.69, 9.17) is 9.47 Å². The molecule has 1 saturated carbocycles.